The average molecular weight is 428 g/mol. The van der Waals surface area contributed by atoms with Crippen molar-refractivity contribution in [1.29, 1.82) is 0 Å². The van der Waals surface area contributed by atoms with Crippen LogP contribution in [-0.2, 0) is 13.0 Å². The number of anilines is 1. The van der Waals surface area contributed by atoms with Crippen molar-refractivity contribution in [3.05, 3.63) is 69.3 Å². The number of carbonyl (C=O) groups is 1. The zero-order chi connectivity index (χ0) is 17.9. The third kappa shape index (κ3) is 3.51. The molecule has 0 unspecified atom stereocenters. The third-order valence-corrected chi connectivity index (χ3v) is 5.42. The molecule has 1 aromatic carbocycles. The van der Waals surface area contributed by atoms with E-state index in [0.717, 1.165) is 23.1 Å². The van der Waals surface area contributed by atoms with Gasteiger partial charge in [0.05, 0.1) is 11.0 Å². The molecule has 26 heavy (non-hydrogen) atoms. The van der Waals surface area contributed by atoms with E-state index < -0.39 is 0 Å². The fourth-order valence-corrected chi connectivity index (χ4v) is 3.83. The minimum Gasteiger partial charge on any atom is -0.310 e. The van der Waals surface area contributed by atoms with Crippen molar-refractivity contribution in [3.8, 4) is 0 Å². The van der Waals surface area contributed by atoms with E-state index in [0.29, 0.717) is 22.1 Å². The molecule has 0 spiro atoms. The molecular formula is C18H14BrN5OS. The lowest BCUT2D eigenvalue weighted by atomic mass is 10.2. The van der Waals surface area contributed by atoms with Crippen LogP contribution in [0.25, 0.3) is 11.0 Å². The van der Waals surface area contributed by atoms with E-state index in [2.05, 4.69) is 36.2 Å². The van der Waals surface area contributed by atoms with Gasteiger partial charge in [-0.3, -0.25) is 15.1 Å². The fraction of sp³-hybridized carbons (Fsp3) is 0.111. The highest BCUT2D eigenvalue weighted by Gasteiger charge is 2.16. The van der Waals surface area contributed by atoms with Gasteiger partial charge in [0.2, 0.25) is 5.95 Å². The van der Waals surface area contributed by atoms with Crippen molar-refractivity contribution >= 4 is 50.2 Å². The average Bonchev–Trinajstić information content (AvgIpc) is 3.24. The van der Waals surface area contributed by atoms with Gasteiger partial charge in [-0.1, -0.05) is 18.2 Å². The number of hydrogen-bond acceptors (Lipinski definition) is 5. The van der Waals surface area contributed by atoms with Crippen LogP contribution >= 0.6 is 27.3 Å². The molecule has 0 fully saturated rings. The Morgan fingerprint density at radius 2 is 2.00 bits per heavy atom. The number of para-hydroxylation sites is 2. The molecule has 8 heteroatoms. The number of fused-ring (bicyclic) bond motifs is 1. The van der Waals surface area contributed by atoms with E-state index >= 15 is 0 Å². The third-order valence-electron chi connectivity index (χ3n) is 3.87. The van der Waals surface area contributed by atoms with Crippen molar-refractivity contribution < 1.29 is 4.79 Å². The summed E-state index contributed by atoms with van der Waals surface area (Å²) in [6, 6.07) is 13.7. The van der Waals surface area contributed by atoms with E-state index in [4.69, 9.17) is 0 Å². The maximum atomic E-state index is 12.5. The molecule has 3 aromatic heterocycles. The number of rotatable bonds is 5. The van der Waals surface area contributed by atoms with Gasteiger partial charge in [0, 0.05) is 30.2 Å². The molecule has 0 saturated heterocycles. The van der Waals surface area contributed by atoms with E-state index in [1.54, 1.807) is 11.6 Å². The quantitative estimate of drug-likeness (QED) is 0.519. The molecule has 0 saturated carbocycles. The van der Waals surface area contributed by atoms with E-state index in [-0.39, 0.29) is 5.91 Å². The summed E-state index contributed by atoms with van der Waals surface area (Å²) in [4.78, 5) is 25.6. The number of imidazole rings is 1. The van der Waals surface area contributed by atoms with E-state index in [1.165, 1.54) is 11.3 Å². The van der Waals surface area contributed by atoms with Crippen LogP contribution in [0.3, 0.4) is 0 Å². The number of nitrogens with one attached hydrogen (secondary N) is 1. The van der Waals surface area contributed by atoms with Crippen LogP contribution in [0.2, 0.25) is 0 Å². The Balaban J connectivity index is 1.64. The Hall–Kier alpha value is -2.58. The van der Waals surface area contributed by atoms with Crippen molar-refractivity contribution in [2.45, 2.75) is 13.0 Å². The van der Waals surface area contributed by atoms with E-state index in [1.807, 2.05) is 47.0 Å². The number of nitrogens with zero attached hydrogens (tertiary/aromatic N) is 4. The lowest BCUT2D eigenvalue weighted by molar-refractivity contribution is 0.102. The molecule has 0 aliphatic heterocycles. The summed E-state index contributed by atoms with van der Waals surface area (Å²) in [6.45, 7) is 0.661. The van der Waals surface area contributed by atoms with Crippen molar-refractivity contribution in [2.24, 2.45) is 0 Å². The van der Waals surface area contributed by atoms with Crippen molar-refractivity contribution in [1.82, 2.24) is 19.5 Å². The number of halogens is 1. The summed E-state index contributed by atoms with van der Waals surface area (Å²) in [6.07, 6.45) is 2.53. The number of benzene rings is 1. The summed E-state index contributed by atoms with van der Waals surface area (Å²) < 4.78 is 2.65. The van der Waals surface area contributed by atoms with Crippen molar-refractivity contribution in [3.63, 3.8) is 0 Å². The maximum Gasteiger partial charge on any atom is 0.286 e. The van der Waals surface area contributed by atoms with Gasteiger partial charge >= 0.3 is 0 Å². The Bertz CT molecular complexity index is 1060. The topological polar surface area (TPSA) is 72.7 Å². The van der Waals surface area contributed by atoms with Crippen LogP contribution in [0.15, 0.2) is 58.6 Å². The van der Waals surface area contributed by atoms with Crippen LogP contribution in [0.5, 0.6) is 0 Å². The van der Waals surface area contributed by atoms with Gasteiger partial charge in [-0.15, -0.1) is 11.3 Å². The largest absolute Gasteiger partial charge is 0.310 e. The molecule has 0 bridgehead atoms. The molecule has 0 aliphatic carbocycles. The van der Waals surface area contributed by atoms with Crippen LogP contribution in [0.4, 0.5) is 5.95 Å². The highest BCUT2D eigenvalue weighted by Crippen LogP contribution is 2.22. The number of carbonyl (C=O) groups excluding carboxylic acids is 1. The number of pyridine rings is 1. The van der Waals surface area contributed by atoms with Gasteiger partial charge in [0.1, 0.15) is 4.60 Å². The molecular weight excluding hydrogens is 414 g/mol. The molecule has 0 radical (unpaired) electrons. The zero-order valence-electron chi connectivity index (χ0n) is 13.6. The maximum absolute atomic E-state index is 12.5. The van der Waals surface area contributed by atoms with Crippen LogP contribution < -0.4 is 5.32 Å². The lowest BCUT2D eigenvalue weighted by Crippen LogP contribution is -2.16. The Morgan fingerprint density at radius 1 is 1.15 bits per heavy atom. The van der Waals surface area contributed by atoms with Crippen molar-refractivity contribution in [2.75, 3.05) is 5.32 Å². The highest BCUT2D eigenvalue weighted by molar-refractivity contribution is 9.10. The number of aryl methyl sites for hydroxylation is 2. The lowest BCUT2D eigenvalue weighted by Gasteiger charge is -2.09. The first-order chi connectivity index (χ1) is 12.7. The van der Waals surface area contributed by atoms with Gasteiger partial charge in [-0.2, -0.15) is 0 Å². The molecule has 4 aromatic rings. The predicted molar refractivity (Wildman–Crippen MR) is 105 cm³/mol. The Labute approximate surface area is 162 Å². The van der Waals surface area contributed by atoms with Crippen LogP contribution in [0, 0.1) is 0 Å². The van der Waals surface area contributed by atoms with Crippen LogP contribution in [0.1, 0.15) is 15.5 Å². The molecule has 3 heterocycles. The zero-order valence-corrected chi connectivity index (χ0v) is 16.0. The fourth-order valence-electron chi connectivity index (χ4n) is 2.68. The number of aromatic nitrogens is 4. The molecule has 1 amide bonds. The summed E-state index contributed by atoms with van der Waals surface area (Å²) in [5.41, 5.74) is 2.80. The minimum absolute atomic E-state index is 0.268. The van der Waals surface area contributed by atoms with Crippen LogP contribution in [-0.4, -0.2) is 25.4 Å². The summed E-state index contributed by atoms with van der Waals surface area (Å²) in [7, 11) is 0. The minimum atomic E-state index is -0.268. The molecule has 1 N–H and O–H groups in total. The Kier molecular flexibility index (Phi) is 4.77. The molecule has 130 valence electrons. The number of hydrogen-bond donors (Lipinski definition) is 1. The molecule has 0 atom stereocenters. The summed E-state index contributed by atoms with van der Waals surface area (Å²) >= 11 is 4.55. The smallest absolute Gasteiger partial charge is 0.286 e. The summed E-state index contributed by atoms with van der Waals surface area (Å²) in [5.74, 6) is 0.244. The number of thiazole rings is 1. The first kappa shape index (κ1) is 16.9. The van der Waals surface area contributed by atoms with Gasteiger partial charge < -0.3 is 4.57 Å². The normalized spacial score (nSPS) is 11.0. The molecule has 6 nitrogen and oxygen atoms in total. The standard InChI is InChI=1S/C18H14BrN5OS/c19-15-11-26-17(22-15)16(25)23-18-21-13-6-1-2-7-14(13)24(18)10-8-12-5-3-4-9-20-12/h1-7,9,11H,8,10H2,(H,21,23,25). The van der Waals surface area contributed by atoms with Gasteiger partial charge in [-0.05, 0) is 40.2 Å². The first-order valence-corrected chi connectivity index (χ1v) is 9.65. The molecule has 0 aliphatic rings. The van der Waals surface area contributed by atoms with Gasteiger partial charge in [0.15, 0.2) is 5.01 Å². The second-order valence-corrected chi connectivity index (χ2v) is 7.25. The monoisotopic (exact) mass is 427 g/mol. The van der Waals surface area contributed by atoms with Gasteiger partial charge in [-0.25, -0.2) is 9.97 Å². The van der Waals surface area contributed by atoms with E-state index in [9.17, 15) is 4.79 Å². The SMILES string of the molecule is O=C(Nc1nc2ccccc2n1CCc1ccccn1)c1nc(Br)cs1. The Morgan fingerprint density at radius 3 is 2.77 bits per heavy atom. The highest BCUT2D eigenvalue weighted by atomic mass is 79.9. The molecule has 4 rings (SSSR count). The second kappa shape index (κ2) is 7.35. The first-order valence-electron chi connectivity index (χ1n) is 7.98. The second-order valence-electron chi connectivity index (χ2n) is 5.58. The number of amides is 1. The summed E-state index contributed by atoms with van der Waals surface area (Å²) in [5, 5.41) is 5.05. The van der Waals surface area contributed by atoms with Gasteiger partial charge in [0.25, 0.3) is 5.91 Å². The predicted octanol–water partition coefficient (Wildman–Crippen LogP) is 4.15.